The van der Waals surface area contributed by atoms with Crippen molar-refractivity contribution in [2.75, 3.05) is 11.9 Å². The van der Waals surface area contributed by atoms with E-state index in [0.29, 0.717) is 35.8 Å². The second-order valence-corrected chi connectivity index (χ2v) is 6.96. The summed E-state index contributed by atoms with van der Waals surface area (Å²) in [7, 11) is 0. The number of amides is 1. The van der Waals surface area contributed by atoms with Crippen molar-refractivity contribution in [3.63, 3.8) is 0 Å². The van der Waals surface area contributed by atoms with Crippen molar-refractivity contribution in [1.82, 2.24) is 0 Å². The summed E-state index contributed by atoms with van der Waals surface area (Å²) < 4.78 is 11.0. The highest BCUT2D eigenvalue weighted by molar-refractivity contribution is 7.16. The van der Waals surface area contributed by atoms with E-state index in [9.17, 15) is 9.59 Å². The fraction of sp³-hybridized carbons (Fsp3) is 0.400. The van der Waals surface area contributed by atoms with Crippen LogP contribution in [0.15, 0.2) is 30.3 Å². The Bertz CT molecular complexity index is 755. The van der Waals surface area contributed by atoms with Crippen molar-refractivity contribution in [3.05, 3.63) is 46.3 Å². The monoisotopic (exact) mass is 375 g/mol. The summed E-state index contributed by atoms with van der Waals surface area (Å²) in [5.74, 6) is -0.0384. The fourth-order valence-corrected chi connectivity index (χ4v) is 3.83. The first-order valence-corrected chi connectivity index (χ1v) is 9.65. The van der Waals surface area contributed by atoms with Gasteiger partial charge in [0.15, 0.2) is 6.10 Å². The molecule has 0 aliphatic heterocycles. The zero-order valence-electron chi connectivity index (χ0n) is 15.6. The van der Waals surface area contributed by atoms with Crippen LogP contribution in [0.2, 0.25) is 0 Å². The molecule has 1 N–H and O–H groups in total. The molecule has 2 rings (SSSR count). The number of nitrogens with one attached hydrogen (secondary N) is 1. The molecule has 0 spiro atoms. The number of anilines is 1. The minimum absolute atomic E-state index is 0.272. The van der Waals surface area contributed by atoms with E-state index in [-0.39, 0.29) is 5.91 Å². The maximum Gasteiger partial charge on any atom is 0.341 e. The van der Waals surface area contributed by atoms with Crippen LogP contribution in [-0.2, 0) is 16.0 Å². The number of carbonyl (C=O) groups is 2. The number of ether oxygens (including phenoxy) is 2. The topological polar surface area (TPSA) is 64.6 Å². The van der Waals surface area contributed by atoms with Crippen molar-refractivity contribution in [3.8, 4) is 5.75 Å². The van der Waals surface area contributed by atoms with Crippen LogP contribution in [0, 0.1) is 6.92 Å². The average Bonchev–Trinajstić information content (AvgIpc) is 2.95. The number of aryl methyl sites for hydroxylation is 1. The molecular weight excluding hydrogens is 350 g/mol. The third-order valence-electron chi connectivity index (χ3n) is 3.96. The first kappa shape index (κ1) is 20.0. The number of rotatable bonds is 8. The first-order chi connectivity index (χ1) is 12.5. The summed E-state index contributed by atoms with van der Waals surface area (Å²) in [4.78, 5) is 26.1. The molecule has 1 amide bonds. The van der Waals surface area contributed by atoms with Gasteiger partial charge >= 0.3 is 5.97 Å². The van der Waals surface area contributed by atoms with Crippen LogP contribution in [0.25, 0.3) is 0 Å². The van der Waals surface area contributed by atoms with Crippen LogP contribution in [0.5, 0.6) is 5.75 Å². The molecule has 1 aromatic heterocycles. The molecule has 0 aliphatic carbocycles. The first-order valence-electron chi connectivity index (χ1n) is 8.83. The largest absolute Gasteiger partial charge is 0.481 e. The molecule has 1 heterocycles. The third kappa shape index (κ3) is 4.64. The maximum absolute atomic E-state index is 12.7. The van der Waals surface area contributed by atoms with Crippen molar-refractivity contribution in [2.45, 2.75) is 46.6 Å². The summed E-state index contributed by atoms with van der Waals surface area (Å²) in [6, 6.07) is 9.22. The van der Waals surface area contributed by atoms with Gasteiger partial charge in [-0.25, -0.2) is 4.79 Å². The van der Waals surface area contributed by atoms with Gasteiger partial charge in [-0.05, 0) is 44.4 Å². The van der Waals surface area contributed by atoms with Crippen LogP contribution in [0.4, 0.5) is 5.00 Å². The number of para-hydroxylation sites is 1. The number of benzene rings is 1. The lowest BCUT2D eigenvalue weighted by molar-refractivity contribution is -0.122. The minimum Gasteiger partial charge on any atom is -0.481 e. The van der Waals surface area contributed by atoms with E-state index >= 15 is 0 Å². The van der Waals surface area contributed by atoms with E-state index in [1.165, 1.54) is 11.3 Å². The number of carbonyl (C=O) groups excluding carboxylic acids is 2. The Kier molecular flexibility index (Phi) is 7.21. The molecule has 0 bridgehead atoms. The quantitative estimate of drug-likeness (QED) is 0.685. The summed E-state index contributed by atoms with van der Waals surface area (Å²) in [5.41, 5.74) is 1.38. The van der Waals surface area contributed by atoms with E-state index in [1.54, 1.807) is 6.92 Å². The van der Waals surface area contributed by atoms with Gasteiger partial charge in [-0.15, -0.1) is 11.3 Å². The van der Waals surface area contributed by atoms with Crippen LogP contribution in [0.1, 0.15) is 48.0 Å². The zero-order chi connectivity index (χ0) is 19.1. The number of esters is 1. The van der Waals surface area contributed by atoms with Gasteiger partial charge in [0, 0.05) is 4.88 Å². The van der Waals surface area contributed by atoms with E-state index in [0.717, 1.165) is 10.4 Å². The van der Waals surface area contributed by atoms with Crippen molar-refractivity contribution >= 4 is 28.2 Å². The maximum atomic E-state index is 12.7. The molecule has 6 heteroatoms. The van der Waals surface area contributed by atoms with Crippen LogP contribution in [0.3, 0.4) is 0 Å². The normalized spacial score (nSPS) is 11.7. The second kappa shape index (κ2) is 9.38. The van der Waals surface area contributed by atoms with Gasteiger partial charge < -0.3 is 14.8 Å². The Labute approximate surface area is 158 Å². The molecule has 0 saturated heterocycles. The summed E-state index contributed by atoms with van der Waals surface area (Å²) >= 11 is 1.39. The van der Waals surface area contributed by atoms with Gasteiger partial charge in [-0.2, -0.15) is 0 Å². The molecule has 140 valence electrons. The summed E-state index contributed by atoms with van der Waals surface area (Å²) in [6.07, 6.45) is 0.574. The molecule has 1 unspecified atom stereocenters. The Hall–Kier alpha value is -2.34. The molecule has 26 heavy (non-hydrogen) atoms. The third-order valence-corrected chi connectivity index (χ3v) is 5.03. The molecule has 1 aromatic carbocycles. The predicted octanol–water partition coefficient (Wildman–Crippen LogP) is 4.59. The van der Waals surface area contributed by atoms with Crippen LogP contribution < -0.4 is 10.1 Å². The predicted molar refractivity (Wildman–Crippen MR) is 104 cm³/mol. The number of hydrogen-bond donors (Lipinski definition) is 1. The molecule has 0 aliphatic rings. The number of thiophene rings is 1. The van der Waals surface area contributed by atoms with E-state index in [1.807, 2.05) is 51.1 Å². The molecule has 5 nitrogen and oxygen atoms in total. The smallest absolute Gasteiger partial charge is 0.341 e. The molecule has 0 fully saturated rings. The average molecular weight is 375 g/mol. The molecular formula is C20H25NO4S. The Morgan fingerprint density at radius 2 is 1.85 bits per heavy atom. The van der Waals surface area contributed by atoms with Gasteiger partial charge in [0.2, 0.25) is 0 Å². The SMILES string of the molecule is CCOC(=O)c1c(NC(=O)C(CC)Oc2ccccc2)sc(C)c1CC. The van der Waals surface area contributed by atoms with Crippen LogP contribution in [-0.4, -0.2) is 24.6 Å². The van der Waals surface area contributed by atoms with Gasteiger partial charge in [-0.3, -0.25) is 4.79 Å². The highest BCUT2D eigenvalue weighted by Crippen LogP contribution is 2.34. The summed E-state index contributed by atoms with van der Waals surface area (Å²) in [5, 5.41) is 3.40. The van der Waals surface area contributed by atoms with Gasteiger partial charge in [0.1, 0.15) is 10.8 Å². The zero-order valence-corrected chi connectivity index (χ0v) is 16.4. The molecule has 0 radical (unpaired) electrons. The van der Waals surface area contributed by atoms with E-state index in [4.69, 9.17) is 9.47 Å². The Morgan fingerprint density at radius 1 is 1.15 bits per heavy atom. The Balaban J connectivity index is 2.23. The van der Waals surface area contributed by atoms with E-state index in [2.05, 4.69) is 5.32 Å². The highest BCUT2D eigenvalue weighted by atomic mass is 32.1. The van der Waals surface area contributed by atoms with Crippen molar-refractivity contribution in [1.29, 1.82) is 0 Å². The molecule has 1 atom stereocenters. The minimum atomic E-state index is -0.639. The van der Waals surface area contributed by atoms with Gasteiger partial charge in [0.25, 0.3) is 5.91 Å². The molecule has 2 aromatic rings. The lowest BCUT2D eigenvalue weighted by Gasteiger charge is -2.17. The lowest BCUT2D eigenvalue weighted by atomic mass is 10.1. The lowest BCUT2D eigenvalue weighted by Crippen LogP contribution is -2.32. The van der Waals surface area contributed by atoms with Crippen molar-refractivity contribution < 1.29 is 19.1 Å². The fourth-order valence-electron chi connectivity index (χ4n) is 2.69. The second-order valence-electron chi connectivity index (χ2n) is 5.73. The van der Waals surface area contributed by atoms with E-state index < -0.39 is 12.1 Å². The molecule has 0 saturated carbocycles. The number of hydrogen-bond acceptors (Lipinski definition) is 5. The van der Waals surface area contributed by atoms with Gasteiger partial charge in [-0.1, -0.05) is 32.0 Å². The Morgan fingerprint density at radius 3 is 2.42 bits per heavy atom. The van der Waals surface area contributed by atoms with Crippen molar-refractivity contribution in [2.24, 2.45) is 0 Å². The standard InChI is InChI=1S/C20H25NO4S/c1-5-15-13(4)26-19(17(15)20(23)24-7-3)21-18(22)16(6-2)25-14-11-9-8-10-12-14/h8-12,16H,5-7H2,1-4H3,(H,21,22). The van der Waals surface area contributed by atoms with Crippen LogP contribution >= 0.6 is 11.3 Å². The summed E-state index contributed by atoms with van der Waals surface area (Å²) in [6.45, 7) is 7.87. The van der Waals surface area contributed by atoms with Gasteiger partial charge in [0.05, 0.1) is 12.2 Å². The highest BCUT2D eigenvalue weighted by Gasteiger charge is 2.26.